The van der Waals surface area contributed by atoms with Crippen LogP contribution in [-0.2, 0) is 20.9 Å². The topological polar surface area (TPSA) is 159 Å². The van der Waals surface area contributed by atoms with Gasteiger partial charge in [0.25, 0.3) is 0 Å². The third-order valence-electron chi connectivity index (χ3n) is 5.71. The maximum absolute atomic E-state index is 13.9. The molecule has 0 aliphatic heterocycles. The molecule has 0 spiro atoms. The molecule has 0 unspecified atom stereocenters. The lowest BCUT2D eigenvalue weighted by molar-refractivity contribution is -0.138. The van der Waals surface area contributed by atoms with E-state index in [0.29, 0.717) is 16.3 Å². The van der Waals surface area contributed by atoms with Gasteiger partial charge in [-0.05, 0) is 41.3 Å². The smallest absolute Gasteiger partial charge is 0.412 e. The number of hydrogen-bond acceptors (Lipinski definition) is 8. The van der Waals surface area contributed by atoms with Gasteiger partial charge in [0.15, 0.2) is 0 Å². The highest BCUT2D eigenvalue weighted by molar-refractivity contribution is 6.31. The van der Waals surface area contributed by atoms with Crippen LogP contribution in [0.1, 0.15) is 18.9 Å². The van der Waals surface area contributed by atoms with E-state index in [1.54, 1.807) is 12.1 Å². The first-order chi connectivity index (χ1) is 19.1. The molecule has 0 saturated heterocycles. The maximum Gasteiger partial charge on any atom is 0.412 e. The van der Waals surface area contributed by atoms with Gasteiger partial charge in [0.1, 0.15) is 24.1 Å². The second-order valence-corrected chi connectivity index (χ2v) is 9.20. The molecule has 3 rings (SSSR count). The van der Waals surface area contributed by atoms with E-state index in [2.05, 4.69) is 21.0 Å². The molecule has 1 heterocycles. The molecule has 1 aromatic heterocycles. The van der Waals surface area contributed by atoms with Crippen LogP contribution in [0.25, 0.3) is 10.8 Å². The van der Waals surface area contributed by atoms with Crippen LogP contribution in [0.3, 0.4) is 0 Å². The van der Waals surface area contributed by atoms with Gasteiger partial charge in [0.2, 0.25) is 11.8 Å². The molecule has 3 aromatic rings. The number of aliphatic hydroxyl groups excluding tert-OH is 1. The SMILES string of the molecule is CC(=O)N(NCc1cccc(F)c1Cl)[C@H](COC(=O)Nc1cc2cc(F)ccc2cn1)CC(=O)NC[C@@H](N)CO. The number of amides is 3. The maximum atomic E-state index is 13.9. The Bertz CT molecular complexity index is 1360. The standard InChI is InChI=1S/C26H29ClF2N6O5/c1-15(37)35(33-11-17-3-2-4-22(29)25(17)27)21(9-24(38)32-12-20(30)13-36)14-40-26(39)34-23-8-18-7-19(28)6-5-16(18)10-31-23/h2-8,10,20-21,33,36H,9,11-14,30H2,1H3,(H,32,38)(H,31,34,39)/t20-,21+/m1/s1. The van der Waals surface area contributed by atoms with E-state index in [0.717, 1.165) is 5.01 Å². The highest BCUT2D eigenvalue weighted by Gasteiger charge is 2.26. The fourth-order valence-electron chi connectivity index (χ4n) is 3.67. The summed E-state index contributed by atoms with van der Waals surface area (Å²) in [5, 5.41) is 16.2. The van der Waals surface area contributed by atoms with E-state index in [4.69, 9.17) is 27.2 Å². The quantitative estimate of drug-likeness (QED) is 0.205. The molecule has 40 heavy (non-hydrogen) atoms. The van der Waals surface area contributed by atoms with Crippen LogP contribution in [-0.4, -0.2) is 64.8 Å². The minimum atomic E-state index is -1.01. The van der Waals surface area contributed by atoms with Crippen molar-refractivity contribution < 1.29 is 33.0 Å². The second kappa shape index (κ2) is 14.5. The van der Waals surface area contributed by atoms with Gasteiger partial charge < -0.3 is 20.9 Å². The molecule has 0 radical (unpaired) electrons. The number of hydrogen-bond donors (Lipinski definition) is 5. The molecule has 214 valence electrons. The van der Waals surface area contributed by atoms with Gasteiger partial charge in [-0.25, -0.2) is 24.0 Å². The van der Waals surface area contributed by atoms with Crippen molar-refractivity contribution in [2.45, 2.75) is 32.0 Å². The molecule has 14 heteroatoms. The van der Waals surface area contributed by atoms with E-state index in [9.17, 15) is 23.2 Å². The van der Waals surface area contributed by atoms with Crippen LogP contribution in [0, 0.1) is 11.6 Å². The fourth-order valence-corrected chi connectivity index (χ4v) is 3.86. The molecule has 0 fully saturated rings. The van der Waals surface area contributed by atoms with Crippen LogP contribution in [0.5, 0.6) is 0 Å². The number of halogens is 3. The van der Waals surface area contributed by atoms with E-state index in [-0.39, 0.29) is 37.0 Å². The molecular weight excluding hydrogens is 550 g/mol. The lowest BCUT2D eigenvalue weighted by Gasteiger charge is -2.31. The number of aliphatic hydroxyl groups is 1. The van der Waals surface area contributed by atoms with Crippen molar-refractivity contribution in [3.63, 3.8) is 0 Å². The highest BCUT2D eigenvalue weighted by Crippen LogP contribution is 2.20. The first kappa shape index (κ1) is 30.6. The van der Waals surface area contributed by atoms with Gasteiger partial charge in [-0.15, -0.1) is 0 Å². The van der Waals surface area contributed by atoms with E-state index in [1.807, 2.05) is 0 Å². The predicted molar refractivity (Wildman–Crippen MR) is 144 cm³/mol. The molecule has 2 aromatic carbocycles. The number of nitrogens with two attached hydrogens (primary N) is 1. The lowest BCUT2D eigenvalue weighted by atomic mass is 10.2. The zero-order valence-corrected chi connectivity index (χ0v) is 22.3. The van der Waals surface area contributed by atoms with Gasteiger partial charge in [0, 0.05) is 37.6 Å². The summed E-state index contributed by atoms with van der Waals surface area (Å²) >= 11 is 6.01. The van der Waals surface area contributed by atoms with Crippen molar-refractivity contribution in [3.8, 4) is 0 Å². The zero-order valence-electron chi connectivity index (χ0n) is 21.5. The lowest BCUT2D eigenvalue weighted by Crippen LogP contribution is -2.52. The Labute approximate surface area is 233 Å². The minimum Gasteiger partial charge on any atom is -0.447 e. The summed E-state index contributed by atoms with van der Waals surface area (Å²) in [7, 11) is 0. The predicted octanol–water partition coefficient (Wildman–Crippen LogP) is 2.46. The van der Waals surface area contributed by atoms with Gasteiger partial charge in [-0.3, -0.25) is 19.9 Å². The fraction of sp³-hybridized carbons (Fsp3) is 0.308. The Hall–Kier alpha value is -3.91. The Morgan fingerprint density at radius 3 is 2.67 bits per heavy atom. The summed E-state index contributed by atoms with van der Waals surface area (Å²) in [6, 6.07) is 8.07. The Balaban J connectivity index is 1.71. The van der Waals surface area contributed by atoms with Crippen molar-refractivity contribution in [2.24, 2.45) is 5.73 Å². The minimum absolute atomic E-state index is 0.0238. The van der Waals surface area contributed by atoms with Crippen LogP contribution in [0.15, 0.2) is 48.7 Å². The molecule has 0 saturated carbocycles. The monoisotopic (exact) mass is 578 g/mol. The summed E-state index contributed by atoms with van der Waals surface area (Å²) in [6.07, 6.45) is 0.198. The molecule has 0 bridgehead atoms. The summed E-state index contributed by atoms with van der Waals surface area (Å²) in [5.41, 5.74) is 8.79. The number of carbonyl (C=O) groups excluding carboxylic acids is 3. The Kier molecular flexibility index (Phi) is 11.1. The zero-order chi connectivity index (χ0) is 29.2. The first-order valence-electron chi connectivity index (χ1n) is 12.2. The van der Waals surface area contributed by atoms with Gasteiger partial charge in [-0.2, -0.15) is 0 Å². The number of rotatable bonds is 12. The number of ether oxygens (including phenoxy) is 1. The number of fused-ring (bicyclic) bond motifs is 1. The van der Waals surface area contributed by atoms with Crippen LogP contribution in [0.2, 0.25) is 5.02 Å². The Morgan fingerprint density at radius 2 is 1.95 bits per heavy atom. The van der Waals surface area contributed by atoms with E-state index >= 15 is 0 Å². The number of anilines is 1. The molecule has 2 atom stereocenters. The number of hydrazine groups is 1. The van der Waals surface area contributed by atoms with Gasteiger partial charge in [0.05, 0.1) is 24.1 Å². The summed E-state index contributed by atoms with van der Waals surface area (Å²) < 4.78 is 32.7. The number of nitrogens with one attached hydrogen (secondary N) is 3. The van der Waals surface area contributed by atoms with Gasteiger partial charge >= 0.3 is 6.09 Å². The van der Waals surface area contributed by atoms with Crippen LogP contribution >= 0.6 is 11.6 Å². The number of pyridine rings is 1. The third-order valence-corrected chi connectivity index (χ3v) is 6.14. The molecular formula is C26H29ClF2N6O5. The number of aromatic nitrogens is 1. The largest absolute Gasteiger partial charge is 0.447 e. The second-order valence-electron chi connectivity index (χ2n) is 8.83. The van der Waals surface area contributed by atoms with Gasteiger partial charge in [-0.1, -0.05) is 23.7 Å². The van der Waals surface area contributed by atoms with Crippen molar-refractivity contribution >= 4 is 46.1 Å². The summed E-state index contributed by atoms with van der Waals surface area (Å²) in [4.78, 5) is 41.7. The summed E-state index contributed by atoms with van der Waals surface area (Å²) in [6.45, 7) is 0.345. The average molecular weight is 579 g/mol. The highest BCUT2D eigenvalue weighted by atomic mass is 35.5. The third kappa shape index (κ3) is 8.81. The Morgan fingerprint density at radius 1 is 1.18 bits per heavy atom. The first-order valence-corrected chi connectivity index (χ1v) is 12.5. The molecule has 0 aliphatic carbocycles. The van der Waals surface area contributed by atoms with Crippen LogP contribution in [0.4, 0.5) is 19.4 Å². The van der Waals surface area contributed by atoms with Crippen molar-refractivity contribution in [2.75, 3.05) is 25.1 Å². The van der Waals surface area contributed by atoms with Crippen molar-refractivity contribution in [1.29, 1.82) is 0 Å². The van der Waals surface area contributed by atoms with E-state index in [1.165, 1.54) is 43.5 Å². The van der Waals surface area contributed by atoms with Crippen molar-refractivity contribution in [3.05, 3.63) is 70.9 Å². The van der Waals surface area contributed by atoms with Crippen molar-refractivity contribution in [1.82, 2.24) is 20.7 Å². The molecule has 6 N–H and O–H groups in total. The van der Waals surface area contributed by atoms with Crippen LogP contribution < -0.4 is 21.8 Å². The number of benzene rings is 2. The molecule has 3 amide bonds. The normalized spacial score (nSPS) is 12.4. The average Bonchev–Trinajstić information content (AvgIpc) is 2.92. The molecule has 0 aliphatic rings. The summed E-state index contributed by atoms with van der Waals surface area (Å²) in [5.74, 6) is -2.06. The number of nitrogens with zero attached hydrogens (tertiary/aromatic N) is 2. The number of carbonyl (C=O) groups is 3. The molecule has 11 nitrogen and oxygen atoms in total. The van der Waals surface area contributed by atoms with E-state index < -0.39 is 48.2 Å².